The number of hydrogen-bond acceptors (Lipinski definition) is 4. The lowest BCUT2D eigenvalue weighted by Gasteiger charge is -2.18. The molecule has 2 aliphatic rings. The SMILES string of the molecule is O=C(Nc1ccc(F)cc1)N[C@H]1CO[C@H]2[C@H](CCc3ccsc3)CO[C@@H]21. The van der Waals surface area contributed by atoms with Crippen LogP contribution in [0.4, 0.5) is 14.9 Å². The number of benzene rings is 1. The van der Waals surface area contributed by atoms with Crippen molar-refractivity contribution in [3.8, 4) is 0 Å². The van der Waals surface area contributed by atoms with E-state index in [4.69, 9.17) is 9.47 Å². The van der Waals surface area contributed by atoms with Crippen molar-refractivity contribution in [3.05, 3.63) is 52.5 Å². The summed E-state index contributed by atoms with van der Waals surface area (Å²) < 4.78 is 24.8. The van der Waals surface area contributed by atoms with Gasteiger partial charge in [0.1, 0.15) is 11.9 Å². The van der Waals surface area contributed by atoms with E-state index < -0.39 is 0 Å². The van der Waals surface area contributed by atoms with E-state index in [9.17, 15) is 9.18 Å². The second kappa shape index (κ2) is 7.73. The number of carbonyl (C=O) groups is 1. The fraction of sp³-hybridized carbons (Fsp3) is 0.421. The molecule has 0 aliphatic carbocycles. The van der Waals surface area contributed by atoms with E-state index in [0.717, 1.165) is 12.8 Å². The zero-order valence-corrected chi connectivity index (χ0v) is 15.0. The summed E-state index contributed by atoms with van der Waals surface area (Å²) in [4.78, 5) is 12.2. The van der Waals surface area contributed by atoms with Crippen LogP contribution in [-0.2, 0) is 15.9 Å². The van der Waals surface area contributed by atoms with Gasteiger partial charge in [-0.2, -0.15) is 11.3 Å². The lowest BCUT2D eigenvalue weighted by Crippen LogP contribution is -2.45. The molecule has 26 heavy (non-hydrogen) atoms. The minimum absolute atomic E-state index is 0.0322. The Balaban J connectivity index is 1.28. The molecule has 2 aromatic rings. The average Bonchev–Trinajstić information content (AvgIpc) is 3.35. The third-order valence-corrected chi connectivity index (χ3v) is 5.69. The van der Waals surface area contributed by atoms with Crippen LogP contribution in [0.5, 0.6) is 0 Å². The summed E-state index contributed by atoms with van der Waals surface area (Å²) in [6.07, 6.45) is 1.96. The van der Waals surface area contributed by atoms with Gasteiger partial charge in [-0.25, -0.2) is 9.18 Å². The van der Waals surface area contributed by atoms with Gasteiger partial charge in [-0.1, -0.05) is 0 Å². The molecule has 2 amide bonds. The molecule has 0 saturated carbocycles. The van der Waals surface area contributed by atoms with E-state index in [1.807, 2.05) is 0 Å². The van der Waals surface area contributed by atoms with Gasteiger partial charge in [-0.15, -0.1) is 0 Å². The highest BCUT2D eigenvalue weighted by Gasteiger charge is 2.47. The number of amides is 2. The van der Waals surface area contributed by atoms with Crippen LogP contribution >= 0.6 is 11.3 Å². The van der Waals surface area contributed by atoms with Crippen LogP contribution in [0.25, 0.3) is 0 Å². The predicted molar refractivity (Wildman–Crippen MR) is 98.0 cm³/mol. The average molecular weight is 376 g/mol. The van der Waals surface area contributed by atoms with E-state index in [2.05, 4.69) is 27.5 Å². The Morgan fingerprint density at radius 1 is 1.15 bits per heavy atom. The van der Waals surface area contributed by atoms with E-state index in [0.29, 0.717) is 24.8 Å². The maximum Gasteiger partial charge on any atom is 0.319 e. The third kappa shape index (κ3) is 3.90. The topological polar surface area (TPSA) is 59.6 Å². The molecule has 5 nitrogen and oxygen atoms in total. The lowest BCUT2D eigenvalue weighted by atomic mass is 9.94. The van der Waals surface area contributed by atoms with Crippen LogP contribution in [0.1, 0.15) is 12.0 Å². The molecule has 4 rings (SSSR count). The second-order valence-electron chi connectivity index (χ2n) is 6.74. The highest BCUT2D eigenvalue weighted by atomic mass is 32.1. The number of aryl methyl sites for hydroxylation is 1. The molecule has 2 saturated heterocycles. The van der Waals surface area contributed by atoms with Crippen LogP contribution in [0.15, 0.2) is 41.1 Å². The van der Waals surface area contributed by atoms with Crippen molar-refractivity contribution in [3.63, 3.8) is 0 Å². The monoisotopic (exact) mass is 376 g/mol. The Bertz CT molecular complexity index is 738. The number of thiophene rings is 1. The first-order chi connectivity index (χ1) is 12.7. The smallest absolute Gasteiger partial charge is 0.319 e. The molecule has 3 heterocycles. The first-order valence-corrected chi connectivity index (χ1v) is 9.71. The largest absolute Gasteiger partial charge is 0.373 e. The Morgan fingerprint density at radius 2 is 1.96 bits per heavy atom. The summed E-state index contributed by atoms with van der Waals surface area (Å²) in [6.45, 7) is 1.11. The number of hydrogen-bond donors (Lipinski definition) is 2. The zero-order valence-electron chi connectivity index (χ0n) is 14.2. The third-order valence-electron chi connectivity index (χ3n) is 4.96. The molecule has 0 radical (unpaired) electrons. The second-order valence-corrected chi connectivity index (χ2v) is 7.52. The molecule has 2 N–H and O–H groups in total. The molecule has 138 valence electrons. The highest BCUT2D eigenvalue weighted by molar-refractivity contribution is 7.07. The number of ether oxygens (including phenoxy) is 2. The molecule has 4 atom stereocenters. The lowest BCUT2D eigenvalue weighted by molar-refractivity contribution is 0.0615. The Morgan fingerprint density at radius 3 is 2.73 bits per heavy atom. The van der Waals surface area contributed by atoms with Crippen LogP contribution in [-0.4, -0.2) is 37.5 Å². The minimum Gasteiger partial charge on any atom is -0.373 e. The highest BCUT2D eigenvalue weighted by Crippen LogP contribution is 2.34. The van der Waals surface area contributed by atoms with Crippen molar-refractivity contribution in [2.24, 2.45) is 5.92 Å². The Hall–Kier alpha value is -1.96. The number of halogens is 1. The first kappa shape index (κ1) is 17.5. The molecule has 0 bridgehead atoms. The van der Waals surface area contributed by atoms with E-state index in [1.165, 1.54) is 29.8 Å². The molecule has 2 aliphatic heterocycles. The molecule has 0 spiro atoms. The quantitative estimate of drug-likeness (QED) is 0.841. The first-order valence-electron chi connectivity index (χ1n) is 8.76. The fourth-order valence-electron chi connectivity index (χ4n) is 3.61. The number of rotatable bonds is 5. The van der Waals surface area contributed by atoms with Gasteiger partial charge >= 0.3 is 6.03 Å². The molecule has 7 heteroatoms. The van der Waals surface area contributed by atoms with Crippen molar-refractivity contribution in [2.45, 2.75) is 31.1 Å². The number of fused-ring (bicyclic) bond motifs is 1. The summed E-state index contributed by atoms with van der Waals surface area (Å²) in [5.74, 6) is 0.0164. The van der Waals surface area contributed by atoms with E-state index in [1.54, 1.807) is 11.3 Å². The van der Waals surface area contributed by atoms with Crippen LogP contribution in [0.3, 0.4) is 0 Å². The van der Waals surface area contributed by atoms with Crippen molar-refractivity contribution in [1.82, 2.24) is 5.32 Å². The van der Waals surface area contributed by atoms with Crippen LogP contribution in [0.2, 0.25) is 0 Å². The summed E-state index contributed by atoms with van der Waals surface area (Å²) in [7, 11) is 0. The molecular formula is C19H21FN2O3S. The number of anilines is 1. The number of urea groups is 1. The summed E-state index contributed by atoms with van der Waals surface area (Å²) in [5, 5.41) is 9.88. The van der Waals surface area contributed by atoms with Gasteiger partial charge in [0.25, 0.3) is 0 Å². The van der Waals surface area contributed by atoms with Gasteiger partial charge in [0, 0.05) is 11.6 Å². The minimum atomic E-state index is -0.337. The van der Waals surface area contributed by atoms with Gasteiger partial charge in [0.2, 0.25) is 0 Å². The predicted octanol–water partition coefficient (Wildman–Crippen LogP) is 3.42. The number of carbonyl (C=O) groups excluding carboxylic acids is 1. The molecule has 1 aromatic carbocycles. The summed E-state index contributed by atoms with van der Waals surface area (Å²) in [6, 6.07) is 7.30. The standard InChI is InChI=1S/C19H21FN2O3S/c20-14-3-5-15(6-4-14)21-19(23)22-16-10-25-17-13(9-24-18(16)17)2-1-12-7-8-26-11-12/h3-8,11,13,16-18H,1-2,9-10H2,(H2,21,22,23)/t13-,16+,17+,18-/m1/s1. The summed E-state index contributed by atoms with van der Waals surface area (Å²) in [5.41, 5.74) is 1.89. The maximum absolute atomic E-state index is 12.9. The van der Waals surface area contributed by atoms with Gasteiger partial charge in [-0.3, -0.25) is 0 Å². The van der Waals surface area contributed by atoms with Crippen LogP contribution in [0, 0.1) is 11.7 Å². The number of nitrogens with one attached hydrogen (secondary N) is 2. The van der Waals surface area contributed by atoms with E-state index >= 15 is 0 Å². The van der Waals surface area contributed by atoms with Gasteiger partial charge < -0.3 is 20.1 Å². The summed E-state index contributed by atoms with van der Waals surface area (Å²) >= 11 is 1.71. The van der Waals surface area contributed by atoms with Crippen molar-refractivity contribution in [1.29, 1.82) is 0 Å². The Labute approximate surface area is 155 Å². The Kier molecular flexibility index (Phi) is 5.19. The van der Waals surface area contributed by atoms with Gasteiger partial charge in [0.15, 0.2) is 0 Å². The van der Waals surface area contributed by atoms with Crippen molar-refractivity contribution < 1.29 is 18.7 Å². The van der Waals surface area contributed by atoms with Gasteiger partial charge in [0.05, 0.1) is 25.4 Å². The molecule has 1 aromatic heterocycles. The van der Waals surface area contributed by atoms with Crippen molar-refractivity contribution >= 4 is 23.1 Å². The fourth-order valence-corrected chi connectivity index (χ4v) is 4.31. The van der Waals surface area contributed by atoms with E-state index in [-0.39, 0.29) is 30.1 Å². The normalized spacial score (nSPS) is 27.3. The maximum atomic E-state index is 12.9. The zero-order chi connectivity index (χ0) is 17.9. The molecular weight excluding hydrogens is 355 g/mol. The van der Waals surface area contributed by atoms with Crippen molar-refractivity contribution in [2.75, 3.05) is 18.5 Å². The van der Waals surface area contributed by atoms with Gasteiger partial charge in [-0.05, 0) is 59.5 Å². The van der Waals surface area contributed by atoms with Crippen LogP contribution < -0.4 is 10.6 Å². The molecule has 0 unspecified atom stereocenters. The molecule has 2 fully saturated rings.